The van der Waals surface area contributed by atoms with Crippen molar-refractivity contribution in [3.05, 3.63) is 28.2 Å². The maximum Gasteiger partial charge on any atom is 0.252 e. The van der Waals surface area contributed by atoms with Crippen LogP contribution < -0.4 is 11.1 Å². The van der Waals surface area contributed by atoms with E-state index < -0.39 is 0 Å². The molecular formula is C13H17BrN2O. The number of rotatable bonds is 2. The molecule has 0 radical (unpaired) electrons. The highest BCUT2D eigenvalue weighted by Gasteiger charge is 2.23. The largest absolute Gasteiger partial charge is 0.399 e. The number of hydrogen-bond donors (Lipinski definition) is 2. The molecule has 2 atom stereocenters. The minimum absolute atomic E-state index is 0.0386. The van der Waals surface area contributed by atoms with Crippen LogP contribution >= 0.6 is 15.9 Å². The maximum absolute atomic E-state index is 12.1. The molecule has 1 aromatic carbocycles. The van der Waals surface area contributed by atoms with Crippen LogP contribution in [0.15, 0.2) is 22.7 Å². The zero-order valence-electron chi connectivity index (χ0n) is 9.87. The van der Waals surface area contributed by atoms with E-state index in [1.54, 1.807) is 12.1 Å². The highest BCUT2D eigenvalue weighted by Crippen LogP contribution is 2.26. The van der Waals surface area contributed by atoms with E-state index in [1.807, 2.05) is 6.07 Å². The van der Waals surface area contributed by atoms with Crippen LogP contribution in [0.25, 0.3) is 0 Å². The number of anilines is 1. The molecule has 3 N–H and O–H groups in total. The summed E-state index contributed by atoms with van der Waals surface area (Å²) >= 11 is 3.38. The molecule has 92 valence electrons. The third kappa shape index (κ3) is 3.00. The summed E-state index contributed by atoms with van der Waals surface area (Å²) in [6.07, 6.45) is 3.35. The van der Waals surface area contributed by atoms with Crippen LogP contribution in [0.3, 0.4) is 0 Å². The van der Waals surface area contributed by atoms with Crippen LogP contribution in [0, 0.1) is 5.92 Å². The number of hydrogen-bond acceptors (Lipinski definition) is 2. The van der Waals surface area contributed by atoms with Gasteiger partial charge in [0.2, 0.25) is 0 Å². The first-order valence-corrected chi connectivity index (χ1v) is 6.71. The Labute approximate surface area is 110 Å². The van der Waals surface area contributed by atoms with Crippen LogP contribution in [0.1, 0.15) is 36.5 Å². The van der Waals surface area contributed by atoms with Crippen molar-refractivity contribution < 1.29 is 4.79 Å². The smallest absolute Gasteiger partial charge is 0.252 e. The van der Waals surface area contributed by atoms with Crippen LogP contribution in [0.4, 0.5) is 5.69 Å². The standard InChI is InChI=1S/C13H17BrN2O/c1-8-2-4-10(6-8)16-13(17)11-7-9(15)3-5-12(11)14/h3,5,7-8,10H,2,4,6,15H2,1H3,(H,16,17). The first kappa shape index (κ1) is 12.4. The SMILES string of the molecule is CC1CCC(NC(=O)c2cc(N)ccc2Br)C1. The molecule has 1 amide bonds. The quantitative estimate of drug-likeness (QED) is 0.825. The molecule has 1 fully saturated rings. The molecule has 0 spiro atoms. The lowest BCUT2D eigenvalue weighted by Gasteiger charge is -2.13. The summed E-state index contributed by atoms with van der Waals surface area (Å²) in [7, 11) is 0. The fourth-order valence-corrected chi connectivity index (χ4v) is 2.74. The average molecular weight is 297 g/mol. The number of halogens is 1. The van der Waals surface area contributed by atoms with Crippen molar-refractivity contribution in [2.24, 2.45) is 5.92 Å². The molecule has 2 unspecified atom stereocenters. The van der Waals surface area contributed by atoms with E-state index in [0.717, 1.165) is 17.3 Å². The molecule has 1 aliphatic rings. The second-order valence-electron chi connectivity index (χ2n) is 4.83. The number of benzene rings is 1. The second-order valence-corrected chi connectivity index (χ2v) is 5.68. The molecule has 1 aromatic rings. The third-order valence-electron chi connectivity index (χ3n) is 3.27. The molecule has 1 saturated carbocycles. The van der Waals surface area contributed by atoms with Gasteiger partial charge in [-0.2, -0.15) is 0 Å². The van der Waals surface area contributed by atoms with Crippen molar-refractivity contribution in [3.8, 4) is 0 Å². The molecule has 1 aliphatic carbocycles. The molecule has 2 rings (SSSR count). The molecule has 0 bridgehead atoms. The minimum Gasteiger partial charge on any atom is -0.399 e. The summed E-state index contributed by atoms with van der Waals surface area (Å²) in [6, 6.07) is 5.60. The highest BCUT2D eigenvalue weighted by atomic mass is 79.9. The normalized spacial score (nSPS) is 23.6. The van der Waals surface area contributed by atoms with Gasteiger partial charge in [-0.1, -0.05) is 6.92 Å². The number of amides is 1. The van der Waals surface area contributed by atoms with Gasteiger partial charge >= 0.3 is 0 Å². The first-order chi connectivity index (χ1) is 8.06. The van der Waals surface area contributed by atoms with E-state index in [-0.39, 0.29) is 5.91 Å². The van der Waals surface area contributed by atoms with E-state index in [0.29, 0.717) is 23.2 Å². The first-order valence-electron chi connectivity index (χ1n) is 5.92. The van der Waals surface area contributed by atoms with E-state index in [1.165, 1.54) is 6.42 Å². The van der Waals surface area contributed by atoms with Gasteiger partial charge in [0, 0.05) is 16.2 Å². The number of nitrogens with one attached hydrogen (secondary N) is 1. The van der Waals surface area contributed by atoms with Crippen LogP contribution in [0.5, 0.6) is 0 Å². The third-order valence-corrected chi connectivity index (χ3v) is 3.96. The van der Waals surface area contributed by atoms with Gasteiger partial charge in [-0.05, 0) is 59.3 Å². The number of carbonyl (C=O) groups is 1. The summed E-state index contributed by atoms with van der Waals surface area (Å²) in [4.78, 5) is 12.1. The Morgan fingerprint density at radius 3 is 2.88 bits per heavy atom. The van der Waals surface area contributed by atoms with E-state index in [9.17, 15) is 4.79 Å². The summed E-state index contributed by atoms with van der Waals surface area (Å²) < 4.78 is 0.787. The Kier molecular flexibility index (Phi) is 3.72. The Morgan fingerprint density at radius 1 is 1.47 bits per heavy atom. The van der Waals surface area contributed by atoms with Gasteiger partial charge in [-0.15, -0.1) is 0 Å². The Morgan fingerprint density at radius 2 is 2.24 bits per heavy atom. The molecule has 17 heavy (non-hydrogen) atoms. The topological polar surface area (TPSA) is 55.1 Å². The van der Waals surface area contributed by atoms with Gasteiger partial charge in [-0.25, -0.2) is 0 Å². The van der Waals surface area contributed by atoms with Gasteiger partial charge in [0.15, 0.2) is 0 Å². The average Bonchev–Trinajstić information content (AvgIpc) is 2.67. The van der Waals surface area contributed by atoms with Crippen LogP contribution in [0.2, 0.25) is 0 Å². The van der Waals surface area contributed by atoms with Crippen LogP contribution in [-0.2, 0) is 0 Å². The number of carbonyl (C=O) groups excluding carboxylic acids is 1. The fraction of sp³-hybridized carbons (Fsp3) is 0.462. The minimum atomic E-state index is -0.0386. The van der Waals surface area contributed by atoms with Gasteiger partial charge in [0.05, 0.1) is 5.56 Å². The highest BCUT2D eigenvalue weighted by molar-refractivity contribution is 9.10. The van der Waals surface area contributed by atoms with Gasteiger partial charge < -0.3 is 11.1 Å². The predicted octanol–water partition coefficient (Wildman–Crippen LogP) is 2.95. The summed E-state index contributed by atoms with van der Waals surface area (Å²) in [5.74, 6) is 0.674. The van der Waals surface area contributed by atoms with Crippen LogP contribution in [-0.4, -0.2) is 11.9 Å². The molecule has 3 nitrogen and oxygen atoms in total. The molecular weight excluding hydrogens is 280 g/mol. The number of nitrogens with two attached hydrogens (primary N) is 1. The van der Waals surface area contributed by atoms with E-state index in [2.05, 4.69) is 28.2 Å². The van der Waals surface area contributed by atoms with E-state index in [4.69, 9.17) is 5.73 Å². The lowest BCUT2D eigenvalue weighted by molar-refractivity contribution is 0.0936. The summed E-state index contributed by atoms with van der Waals surface area (Å²) in [6.45, 7) is 2.22. The zero-order chi connectivity index (χ0) is 12.4. The summed E-state index contributed by atoms with van der Waals surface area (Å²) in [5, 5.41) is 3.07. The Bertz CT molecular complexity index is 433. The van der Waals surface area contributed by atoms with Crippen molar-refractivity contribution in [2.45, 2.75) is 32.2 Å². The molecule has 0 saturated heterocycles. The number of nitrogen functional groups attached to an aromatic ring is 1. The van der Waals surface area contributed by atoms with Crippen molar-refractivity contribution in [1.29, 1.82) is 0 Å². The van der Waals surface area contributed by atoms with Crippen molar-refractivity contribution in [3.63, 3.8) is 0 Å². The lowest BCUT2D eigenvalue weighted by Crippen LogP contribution is -2.33. The molecule has 4 heteroatoms. The van der Waals surface area contributed by atoms with Gasteiger partial charge in [-0.3, -0.25) is 4.79 Å². The van der Waals surface area contributed by atoms with Crippen molar-refractivity contribution >= 4 is 27.5 Å². The van der Waals surface area contributed by atoms with E-state index >= 15 is 0 Å². The monoisotopic (exact) mass is 296 g/mol. The predicted molar refractivity (Wildman–Crippen MR) is 72.8 cm³/mol. The summed E-state index contributed by atoms with van der Waals surface area (Å²) in [5.41, 5.74) is 6.92. The zero-order valence-corrected chi connectivity index (χ0v) is 11.5. The molecule has 0 aromatic heterocycles. The van der Waals surface area contributed by atoms with Crippen molar-refractivity contribution in [2.75, 3.05) is 5.73 Å². The lowest BCUT2D eigenvalue weighted by atomic mass is 10.1. The molecule has 0 aliphatic heterocycles. The second kappa shape index (κ2) is 5.08. The van der Waals surface area contributed by atoms with Gasteiger partial charge in [0.25, 0.3) is 5.91 Å². The fourth-order valence-electron chi connectivity index (χ4n) is 2.32. The van der Waals surface area contributed by atoms with Crippen molar-refractivity contribution in [1.82, 2.24) is 5.32 Å². The van der Waals surface area contributed by atoms with Gasteiger partial charge in [0.1, 0.15) is 0 Å². The molecule has 0 heterocycles. The Balaban J connectivity index is 2.06. The Hall–Kier alpha value is -1.03. The maximum atomic E-state index is 12.1.